The number of likely N-dealkylation sites (tertiary alicyclic amines) is 1. The van der Waals surface area contributed by atoms with Gasteiger partial charge < -0.3 is 14.6 Å². The van der Waals surface area contributed by atoms with Gasteiger partial charge in [0.1, 0.15) is 11.9 Å². The maximum Gasteiger partial charge on any atom is 0.287 e. The summed E-state index contributed by atoms with van der Waals surface area (Å²) in [6, 6.07) is 8.98. The Morgan fingerprint density at radius 1 is 1.32 bits per heavy atom. The van der Waals surface area contributed by atoms with Crippen LogP contribution in [-0.4, -0.2) is 35.3 Å². The van der Waals surface area contributed by atoms with Gasteiger partial charge in [-0.05, 0) is 56.0 Å². The topological polar surface area (TPSA) is 62.6 Å². The van der Waals surface area contributed by atoms with Gasteiger partial charge in [-0.3, -0.25) is 9.59 Å². The fourth-order valence-corrected chi connectivity index (χ4v) is 3.22. The summed E-state index contributed by atoms with van der Waals surface area (Å²) in [5.41, 5.74) is 0.998. The van der Waals surface area contributed by atoms with Crippen molar-refractivity contribution in [3.63, 3.8) is 0 Å². The Bertz CT molecular complexity index is 728. The van der Waals surface area contributed by atoms with Crippen LogP contribution in [0.1, 0.15) is 35.9 Å². The van der Waals surface area contributed by atoms with Crippen molar-refractivity contribution < 1.29 is 18.4 Å². The monoisotopic (exact) mass is 344 g/mol. The number of hydrogen-bond acceptors (Lipinski definition) is 3. The number of furan rings is 1. The standard InChI is InChI=1S/C19H21FN2O3/c1-13(21-18(23)17-5-3-11-25-17)19(24)22-10-2-4-16(22)12-14-6-8-15(20)9-7-14/h3,5-9,11,13,16H,2,4,10,12H2,1H3,(H,21,23). The molecule has 1 aliphatic heterocycles. The molecule has 0 spiro atoms. The second kappa shape index (κ2) is 7.51. The van der Waals surface area contributed by atoms with Crippen molar-refractivity contribution in [1.82, 2.24) is 10.2 Å². The third-order valence-corrected chi connectivity index (χ3v) is 4.51. The fraction of sp³-hybridized carbons (Fsp3) is 0.368. The molecule has 2 atom stereocenters. The Balaban J connectivity index is 1.61. The van der Waals surface area contributed by atoms with Gasteiger partial charge in [0.05, 0.1) is 6.26 Å². The van der Waals surface area contributed by atoms with E-state index in [1.165, 1.54) is 18.4 Å². The minimum Gasteiger partial charge on any atom is -0.459 e. The average Bonchev–Trinajstić information content (AvgIpc) is 3.28. The predicted octanol–water partition coefficient (Wildman–Crippen LogP) is 2.77. The zero-order chi connectivity index (χ0) is 17.8. The largest absolute Gasteiger partial charge is 0.459 e. The molecular weight excluding hydrogens is 323 g/mol. The van der Waals surface area contributed by atoms with E-state index in [4.69, 9.17) is 4.42 Å². The molecule has 1 aromatic heterocycles. The van der Waals surface area contributed by atoms with Gasteiger partial charge in [0, 0.05) is 12.6 Å². The number of benzene rings is 1. The lowest BCUT2D eigenvalue weighted by Crippen LogP contribution is -2.49. The van der Waals surface area contributed by atoms with Crippen molar-refractivity contribution in [2.24, 2.45) is 0 Å². The highest BCUT2D eigenvalue weighted by Gasteiger charge is 2.32. The Morgan fingerprint density at radius 2 is 2.08 bits per heavy atom. The lowest BCUT2D eigenvalue weighted by molar-refractivity contribution is -0.133. The molecule has 2 heterocycles. The normalized spacial score (nSPS) is 18.2. The average molecular weight is 344 g/mol. The van der Waals surface area contributed by atoms with Crippen molar-refractivity contribution in [1.29, 1.82) is 0 Å². The minimum atomic E-state index is -0.633. The first kappa shape index (κ1) is 17.2. The summed E-state index contributed by atoms with van der Waals surface area (Å²) >= 11 is 0. The first-order valence-electron chi connectivity index (χ1n) is 8.44. The summed E-state index contributed by atoms with van der Waals surface area (Å²) in [5, 5.41) is 2.68. The number of amides is 2. The van der Waals surface area contributed by atoms with E-state index in [9.17, 15) is 14.0 Å². The summed E-state index contributed by atoms with van der Waals surface area (Å²) < 4.78 is 18.1. The van der Waals surface area contributed by atoms with Crippen molar-refractivity contribution in [3.05, 3.63) is 59.8 Å². The first-order chi connectivity index (χ1) is 12.0. The van der Waals surface area contributed by atoms with E-state index in [0.717, 1.165) is 18.4 Å². The Kier molecular flexibility index (Phi) is 5.16. The van der Waals surface area contributed by atoms with E-state index in [1.807, 2.05) is 4.90 Å². The highest BCUT2D eigenvalue weighted by Crippen LogP contribution is 2.22. The van der Waals surface area contributed by atoms with Crippen LogP contribution in [0.2, 0.25) is 0 Å². The van der Waals surface area contributed by atoms with Crippen LogP contribution in [0.5, 0.6) is 0 Å². The summed E-state index contributed by atoms with van der Waals surface area (Å²) in [4.78, 5) is 26.6. The van der Waals surface area contributed by atoms with Gasteiger partial charge in [0.25, 0.3) is 5.91 Å². The number of carbonyl (C=O) groups excluding carboxylic acids is 2. The Morgan fingerprint density at radius 3 is 2.76 bits per heavy atom. The quantitative estimate of drug-likeness (QED) is 0.907. The molecule has 3 rings (SSSR count). The number of hydrogen-bond donors (Lipinski definition) is 1. The maximum absolute atomic E-state index is 13.0. The molecule has 132 valence electrons. The molecule has 0 aliphatic carbocycles. The molecule has 2 aromatic rings. The van der Waals surface area contributed by atoms with E-state index in [-0.39, 0.29) is 23.5 Å². The number of nitrogens with zero attached hydrogens (tertiary/aromatic N) is 1. The number of carbonyl (C=O) groups is 2. The molecule has 1 aliphatic rings. The van der Waals surface area contributed by atoms with E-state index in [1.54, 1.807) is 31.2 Å². The van der Waals surface area contributed by atoms with E-state index >= 15 is 0 Å². The fourth-order valence-electron chi connectivity index (χ4n) is 3.22. The summed E-state index contributed by atoms with van der Waals surface area (Å²) in [6.07, 6.45) is 3.93. The van der Waals surface area contributed by atoms with Gasteiger partial charge in [-0.15, -0.1) is 0 Å². The third-order valence-electron chi connectivity index (χ3n) is 4.51. The molecule has 2 amide bonds. The third kappa shape index (κ3) is 4.07. The molecule has 6 heteroatoms. The van der Waals surface area contributed by atoms with Crippen molar-refractivity contribution in [3.8, 4) is 0 Å². The molecule has 1 saturated heterocycles. The van der Waals surface area contributed by atoms with Gasteiger partial charge >= 0.3 is 0 Å². The first-order valence-corrected chi connectivity index (χ1v) is 8.44. The minimum absolute atomic E-state index is 0.0703. The zero-order valence-electron chi connectivity index (χ0n) is 14.1. The lowest BCUT2D eigenvalue weighted by atomic mass is 10.0. The molecule has 5 nitrogen and oxygen atoms in total. The van der Waals surface area contributed by atoms with Crippen LogP contribution < -0.4 is 5.32 Å². The van der Waals surface area contributed by atoms with E-state index in [0.29, 0.717) is 13.0 Å². The summed E-state index contributed by atoms with van der Waals surface area (Å²) in [5.74, 6) is -0.592. The van der Waals surface area contributed by atoms with Crippen molar-refractivity contribution in [2.75, 3.05) is 6.54 Å². The smallest absolute Gasteiger partial charge is 0.287 e. The van der Waals surface area contributed by atoms with Crippen LogP contribution in [0.15, 0.2) is 47.1 Å². The zero-order valence-corrected chi connectivity index (χ0v) is 14.1. The van der Waals surface area contributed by atoms with Gasteiger partial charge in [-0.1, -0.05) is 12.1 Å². The molecule has 25 heavy (non-hydrogen) atoms. The molecule has 2 unspecified atom stereocenters. The molecule has 1 fully saturated rings. The number of halogens is 1. The van der Waals surface area contributed by atoms with Crippen molar-refractivity contribution >= 4 is 11.8 Å². The van der Waals surface area contributed by atoms with Crippen LogP contribution in [0.25, 0.3) is 0 Å². The van der Waals surface area contributed by atoms with Crippen LogP contribution in [0, 0.1) is 5.82 Å². The summed E-state index contributed by atoms with van der Waals surface area (Å²) in [6.45, 7) is 2.35. The SMILES string of the molecule is CC(NC(=O)c1ccco1)C(=O)N1CCCC1Cc1ccc(F)cc1. The molecule has 1 N–H and O–H groups in total. The van der Waals surface area contributed by atoms with E-state index in [2.05, 4.69) is 5.32 Å². The predicted molar refractivity (Wildman–Crippen MR) is 90.5 cm³/mol. The second-order valence-electron chi connectivity index (χ2n) is 6.33. The molecule has 0 bridgehead atoms. The van der Waals surface area contributed by atoms with Crippen LogP contribution in [-0.2, 0) is 11.2 Å². The number of nitrogens with one attached hydrogen (secondary N) is 1. The van der Waals surface area contributed by atoms with Crippen molar-refractivity contribution in [2.45, 2.75) is 38.3 Å². The Hall–Kier alpha value is -2.63. The van der Waals surface area contributed by atoms with Crippen LogP contribution >= 0.6 is 0 Å². The molecule has 0 saturated carbocycles. The van der Waals surface area contributed by atoms with Gasteiger partial charge in [-0.2, -0.15) is 0 Å². The highest BCUT2D eigenvalue weighted by atomic mass is 19.1. The van der Waals surface area contributed by atoms with Crippen LogP contribution in [0.4, 0.5) is 4.39 Å². The number of rotatable bonds is 5. The van der Waals surface area contributed by atoms with E-state index < -0.39 is 11.9 Å². The second-order valence-corrected chi connectivity index (χ2v) is 6.33. The van der Waals surface area contributed by atoms with Gasteiger partial charge in [0.15, 0.2) is 5.76 Å². The highest BCUT2D eigenvalue weighted by molar-refractivity contribution is 5.95. The Labute approximate surface area is 145 Å². The molecule has 1 aromatic carbocycles. The summed E-state index contributed by atoms with van der Waals surface area (Å²) in [7, 11) is 0. The maximum atomic E-state index is 13.0. The lowest BCUT2D eigenvalue weighted by Gasteiger charge is -2.28. The molecular formula is C19H21FN2O3. The molecule has 0 radical (unpaired) electrons. The van der Waals surface area contributed by atoms with Gasteiger partial charge in [0.2, 0.25) is 5.91 Å². The van der Waals surface area contributed by atoms with Crippen LogP contribution in [0.3, 0.4) is 0 Å². The van der Waals surface area contributed by atoms with Gasteiger partial charge in [-0.25, -0.2) is 4.39 Å².